The van der Waals surface area contributed by atoms with E-state index < -0.39 is 5.97 Å². The summed E-state index contributed by atoms with van der Waals surface area (Å²) in [7, 11) is 1.68. The SMILES string of the molecule is CCOc1ccc2nc(SCC(=O)NN=Cc3cccc(OC(=O)c4c(I)cnn4C)c3)sc2c1. The van der Waals surface area contributed by atoms with Gasteiger partial charge in [0.05, 0.1) is 38.6 Å². The average molecular weight is 621 g/mol. The van der Waals surface area contributed by atoms with E-state index in [1.165, 1.54) is 34.0 Å². The third-order valence-electron chi connectivity index (χ3n) is 4.54. The summed E-state index contributed by atoms with van der Waals surface area (Å²) in [6.07, 6.45) is 3.08. The molecule has 4 aromatic rings. The molecule has 0 saturated heterocycles. The summed E-state index contributed by atoms with van der Waals surface area (Å²) < 4.78 is 14.9. The van der Waals surface area contributed by atoms with Crippen LogP contribution in [0.4, 0.5) is 0 Å². The van der Waals surface area contributed by atoms with Gasteiger partial charge in [-0.3, -0.25) is 9.48 Å². The molecule has 0 aliphatic heterocycles. The quantitative estimate of drug-likeness (QED) is 0.0733. The predicted octanol–water partition coefficient (Wildman–Crippen LogP) is 4.49. The Balaban J connectivity index is 1.29. The number of aryl methyl sites for hydroxylation is 1. The zero-order chi connectivity index (χ0) is 24.8. The smallest absolute Gasteiger partial charge is 0.363 e. The van der Waals surface area contributed by atoms with E-state index in [4.69, 9.17) is 9.47 Å². The number of aromatic nitrogens is 3. The summed E-state index contributed by atoms with van der Waals surface area (Å²) in [5.41, 5.74) is 4.42. The summed E-state index contributed by atoms with van der Waals surface area (Å²) in [6.45, 7) is 2.54. The van der Waals surface area contributed by atoms with Gasteiger partial charge in [0.25, 0.3) is 5.91 Å². The molecule has 1 N–H and O–H groups in total. The summed E-state index contributed by atoms with van der Waals surface area (Å²) in [5.74, 6) is 0.585. The van der Waals surface area contributed by atoms with Gasteiger partial charge in [0.15, 0.2) is 10.0 Å². The van der Waals surface area contributed by atoms with Crippen LogP contribution in [0.2, 0.25) is 0 Å². The van der Waals surface area contributed by atoms with Crippen LogP contribution in [0.3, 0.4) is 0 Å². The van der Waals surface area contributed by atoms with Gasteiger partial charge in [-0.1, -0.05) is 23.9 Å². The molecular weight excluding hydrogens is 601 g/mol. The van der Waals surface area contributed by atoms with Gasteiger partial charge >= 0.3 is 5.97 Å². The molecule has 0 aliphatic carbocycles. The van der Waals surface area contributed by atoms with Crippen LogP contribution in [0.15, 0.2) is 58.1 Å². The first-order valence-corrected chi connectivity index (χ1v) is 13.3. The highest BCUT2D eigenvalue weighted by Crippen LogP contribution is 2.31. The second-order valence-corrected chi connectivity index (χ2v) is 10.5. The van der Waals surface area contributed by atoms with Gasteiger partial charge in [0.2, 0.25) is 0 Å². The molecule has 2 heterocycles. The number of nitrogens with one attached hydrogen (secondary N) is 1. The van der Waals surface area contributed by atoms with Crippen molar-refractivity contribution in [3.63, 3.8) is 0 Å². The number of carbonyl (C=O) groups excluding carboxylic acids is 2. The highest BCUT2D eigenvalue weighted by Gasteiger charge is 2.17. The number of halogens is 1. The highest BCUT2D eigenvalue weighted by molar-refractivity contribution is 14.1. The molecule has 12 heteroatoms. The number of nitrogens with zero attached hydrogens (tertiary/aromatic N) is 4. The Morgan fingerprint density at radius 3 is 2.89 bits per heavy atom. The van der Waals surface area contributed by atoms with Crippen LogP contribution in [0.25, 0.3) is 10.2 Å². The van der Waals surface area contributed by atoms with E-state index in [-0.39, 0.29) is 11.7 Å². The molecular formula is C23H20IN5O4S2. The Morgan fingerprint density at radius 1 is 1.26 bits per heavy atom. The van der Waals surface area contributed by atoms with Gasteiger partial charge in [0, 0.05) is 7.05 Å². The third kappa shape index (κ3) is 6.58. The van der Waals surface area contributed by atoms with Crippen LogP contribution in [0.1, 0.15) is 23.0 Å². The van der Waals surface area contributed by atoms with E-state index in [9.17, 15) is 9.59 Å². The van der Waals surface area contributed by atoms with Crippen molar-refractivity contribution in [3.05, 3.63) is 63.5 Å². The van der Waals surface area contributed by atoms with Gasteiger partial charge in [-0.25, -0.2) is 15.2 Å². The van der Waals surface area contributed by atoms with Crippen LogP contribution in [-0.4, -0.2) is 45.2 Å². The maximum absolute atomic E-state index is 12.4. The van der Waals surface area contributed by atoms with E-state index in [2.05, 4.69) is 20.6 Å². The van der Waals surface area contributed by atoms with Gasteiger partial charge in [0.1, 0.15) is 11.5 Å². The number of esters is 1. The molecule has 0 fully saturated rings. The molecule has 2 aromatic heterocycles. The molecule has 0 bridgehead atoms. The molecule has 4 rings (SSSR count). The fourth-order valence-electron chi connectivity index (χ4n) is 2.99. The maximum atomic E-state index is 12.4. The number of hydrogen-bond donors (Lipinski definition) is 1. The molecule has 35 heavy (non-hydrogen) atoms. The van der Waals surface area contributed by atoms with Crippen molar-refractivity contribution < 1.29 is 19.1 Å². The molecule has 1 amide bonds. The Hall–Kier alpha value is -2.97. The van der Waals surface area contributed by atoms with E-state index in [0.717, 1.165) is 20.3 Å². The van der Waals surface area contributed by atoms with Crippen LogP contribution in [-0.2, 0) is 11.8 Å². The van der Waals surface area contributed by atoms with Crippen molar-refractivity contribution in [2.75, 3.05) is 12.4 Å². The average Bonchev–Trinajstić information content (AvgIpc) is 3.39. The Morgan fingerprint density at radius 2 is 2.11 bits per heavy atom. The first-order chi connectivity index (χ1) is 16.9. The van der Waals surface area contributed by atoms with Crippen molar-refractivity contribution in [3.8, 4) is 11.5 Å². The van der Waals surface area contributed by atoms with Crippen LogP contribution >= 0.6 is 45.7 Å². The molecule has 0 atom stereocenters. The van der Waals surface area contributed by atoms with Gasteiger partial charge < -0.3 is 9.47 Å². The number of ether oxygens (including phenoxy) is 2. The van der Waals surface area contributed by atoms with Crippen molar-refractivity contribution >= 4 is 74.0 Å². The minimum Gasteiger partial charge on any atom is -0.494 e. The van der Waals surface area contributed by atoms with Gasteiger partial charge in [-0.2, -0.15) is 10.2 Å². The first-order valence-electron chi connectivity index (χ1n) is 10.4. The first kappa shape index (κ1) is 25.1. The number of hydrogen-bond acceptors (Lipinski definition) is 9. The van der Waals surface area contributed by atoms with Crippen molar-refractivity contribution in [1.29, 1.82) is 0 Å². The lowest BCUT2D eigenvalue weighted by Gasteiger charge is -2.06. The van der Waals surface area contributed by atoms with Crippen molar-refractivity contribution in [2.45, 2.75) is 11.3 Å². The number of amides is 1. The maximum Gasteiger partial charge on any atom is 0.363 e. The molecule has 0 unspecified atom stereocenters. The summed E-state index contributed by atoms with van der Waals surface area (Å²) >= 11 is 4.89. The molecule has 2 aromatic carbocycles. The van der Waals surface area contributed by atoms with Crippen LogP contribution in [0, 0.1) is 3.57 Å². The minimum absolute atomic E-state index is 0.177. The van der Waals surface area contributed by atoms with Crippen LogP contribution in [0.5, 0.6) is 11.5 Å². The van der Waals surface area contributed by atoms with Gasteiger partial charge in [-0.15, -0.1) is 11.3 Å². The number of rotatable bonds is 9. The largest absolute Gasteiger partial charge is 0.494 e. The summed E-state index contributed by atoms with van der Waals surface area (Å²) in [4.78, 5) is 29.2. The fraction of sp³-hybridized carbons (Fsp3) is 0.174. The molecule has 0 aliphatic rings. The lowest BCUT2D eigenvalue weighted by molar-refractivity contribution is -0.118. The van der Waals surface area contributed by atoms with Crippen molar-refractivity contribution in [1.82, 2.24) is 20.2 Å². The number of carbonyl (C=O) groups is 2. The molecule has 9 nitrogen and oxygen atoms in total. The zero-order valence-electron chi connectivity index (χ0n) is 18.7. The van der Waals surface area contributed by atoms with E-state index in [1.807, 2.05) is 47.7 Å². The fourth-order valence-corrected chi connectivity index (χ4v) is 5.58. The number of thiazole rings is 1. The summed E-state index contributed by atoms with van der Waals surface area (Å²) in [5, 5.41) is 8.05. The number of hydrazone groups is 1. The van der Waals surface area contributed by atoms with E-state index in [1.54, 1.807) is 37.5 Å². The van der Waals surface area contributed by atoms with Crippen molar-refractivity contribution in [2.24, 2.45) is 12.1 Å². The summed E-state index contributed by atoms with van der Waals surface area (Å²) in [6, 6.07) is 12.6. The highest BCUT2D eigenvalue weighted by atomic mass is 127. The lowest BCUT2D eigenvalue weighted by Crippen LogP contribution is -2.19. The Labute approximate surface area is 223 Å². The lowest BCUT2D eigenvalue weighted by atomic mass is 10.2. The standard InChI is InChI=1S/C23H20IN5O4S2/c1-3-32-15-7-8-18-19(10-15)35-23(27-18)34-13-20(30)28-25-11-14-5-4-6-16(9-14)33-22(31)21-17(24)12-26-29(21)2/h4-12H,3,13H2,1-2H3,(H,28,30). The van der Waals surface area contributed by atoms with E-state index in [0.29, 0.717) is 27.2 Å². The normalized spacial score (nSPS) is 11.2. The van der Waals surface area contributed by atoms with Gasteiger partial charge in [-0.05, 0) is 65.4 Å². The number of fused-ring (bicyclic) bond motifs is 1. The second kappa shape index (κ2) is 11.6. The van der Waals surface area contributed by atoms with Crippen LogP contribution < -0.4 is 14.9 Å². The zero-order valence-corrected chi connectivity index (χ0v) is 22.5. The molecule has 0 radical (unpaired) electrons. The Kier molecular flexibility index (Phi) is 8.36. The topological polar surface area (TPSA) is 108 Å². The number of thioether (sulfide) groups is 1. The van der Waals surface area contributed by atoms with E-state index >= 15 is 0 Å². The molecule has 180 valence electrons. The Bertz CT molecular complexity index is 1380. The number of benzene rings is 2. The molecule has 0 spiro atoms. The third-order valence-corrected chi connectivity index (χ3v) is 7.49. The predicted molar refractivity (Wildman–Crippen MR) is 145 cm³/mol. The minimum atomic E-state index is -0.502. The second-order valence-electron chi connectivity index (χ2n) is 7.05. The molecule has 0 saturated carbocycles. The monoisotopic (exact) mass is 621 g/mol.